The molecule has 0 saturated carbocycles. The van der Waals surface area contributed by atoms with Gasteiger partial charge in [-0.05, 0) is 25.0 Å². The van der Waals surface area contributed by atoms with E-state index >= 15 is 0 Å². The topological polar surface area (TPSA) is 68.2 Å². The number of para-hydroxylation sites is 1. The van der Waals surface area contributed by atoms with Crippen LogP contribution in [0.1, 0.15) is 12.8 Å². The summed E-state index contributed by atoms with van der Waals surface area (Å²) in [5, 5.41) is 8.34. The fraction of sp³-hybridized carbons (Fsp3) is 0.429. The van der Waals surface area contributed by atoms with Crippen molar-refractivity contribution >= 4 is 23.0 Å². The van der Waals surface area contributed by atoms with Crippen molar-refractivity contribution in [1.29, 1.82) is 0 Å². The second-order valence-corrected chi connectivity index (χ2v) is 4.91. The highest BCUT2D eigenvalue weighted by atomic mass is 16.5. The molecule has 0 N–H and O–H groups in total. The number of hydrogen-bond donors (Lipinski definition) is 0. The smallest absolute Gasteiger partial charge is 0.310 e. The molecule has 0 radical (unpaired) electrons. The summed E-state index contributed by atoms with van der Waals surface area (Å²) in [5.41, 5.74) is 1.59. The number of carbonyl (C=O) groups is 1. The van der Waals surface area contributed by atoms with Crippen molar-refractivity contribution in [2.24, 2.45) is 5.92 Å². The number of nitrogens with zero attached hydrogens (tertiary/aromatic N) is 4. The first-order valence-electron chi connectivity index (χ1n) is 6.70. The van der Waals surface area contributed by atoms with Crippen LogP contribution in [0.4, 0.5) is 5.95 Å². The minimum Gasteiger partial charge on any atom is -0.469 e. The van der Waals surface area contributed by atoms with Crippen LogP contribution in [-0.2, 0) is 9.53 Å². The van der Waals surface area contributed by atoms with Crippen LogP contribution in [-0.4, -0.2) is 41.3 Å². The van der Waals surface area contributed by atoms with Crippen molar-refractivity contribution in [2.75, 3.05) is 25.1 Å². The number of anilines is 1. The number of piperidine rings is 1. The molecule has 2 heterocycles. The third kappa shape index (κ3) is 2.41. The highest BCUT2D eigenvalue weighted by molar-refractivity contribution is 5.75. The molecule has 104 valence electrons. The zero-order valence-electron chi connectivity index (χ0n) is 11.3. The van der Waals surface area contributed by atoms with Gasteiger partial charge in [-0.25, -0.2) is 4.98 Å². The normalized spacial score (nSPS) is 19.1. The summed E-state index contributed by atoms with van der Waals surface area (Å²) in [6, 6.07) is 7.63. The van der Waals surface area contributed by atoms with Gasteiger partial charge in [-0.3, -0.25) is 4.79 Å². The number of aromatic nitrogens is 3. The molecule has 6 nitrogen and oxygen atoms in total. The molecule has 2 aromatic rings. The van der Waals surface area contributed by atoms with Crippen LogP contribution in [0.3, 0.4) is 0 Å². The fourth-order valence-corrected chi connectivity index (χ4v) is 2.52. The average Bonchev–Trinajstić information content (AvgIpc) is 2.53. The molecular weight excluding hydrogens is 256 g/mol. The van der Waals surface area contributed by atoms with E-state index in [4.69, 9.17) is 4.74 Å². The van der Waals surface area contributed by atoms with E-state index in [9.17, 15) is 4.79 Å². The number of rotatable bonds is 2. The summed E-state index contributed by atoms with van der Waals surface area (Å²) in [4.78, 5) is 18.2. The van der Waals surface area contributed by atoms with Crippen LogP contribution in [0, 0.1) is 5.92 Å². The van der Waals surface area contributed by atoms with Gasteiger partial charge in [0.2, 0.25) is 5.95 Å². The Morgan fingerprint density at radius 3 is 2.90 bits per heavy atom. The van der Waals surface area contributed by atoms with E-state index in [0.717, 1.165) is 30.4 Å². The van der Waals surface area contributed by atoms with Gasteiger partial charge >= 0.3 is 5.97 Å². The molecule has 20 heavy (non-hydrogen) atoms. The summed E-state index contributed by atoms with van der Waals surface area (Å²) < 4.78 is 4.82. The van der Waals surface area contributed by atoms with Gasteiger partial charge < -0.3 is 9.64 Å². The zero-order chi connectivity index (χ0) is 13.9. The highest BCUT2D eigenvalue weighted by Crippen LogP contribution is 2.21. The van der Waals surface area contributed by atoms with Gasteiger partial charge in [-0.2, -0.15) is 0 Å². The minimum atomic E-state index is -0.163. The summed E-state index contributed by atoms with van der Waals surface area (Å²) in [6.07, 6.45) is 1.78. The Labute approximate surface area is 116 Å². The molecule has 1 aliphatic heterocycles. The maximum absolute atomic E-state index is 11.7. The molecule has 1 atom stereocenters. The quantitative estimate of drug-likeness (QED) is 0.770. The van der Waals surface area contributed by atoms with E-state index in [1.165, 1.54) is 7.11 Å². The number of esters is 1. The first kappa shape index (κ1) is 12.8. The Kier molecular flexibility index (Phi) is 3.45. The third-order valence-corrected chi connectivity index (χ3v) is 3.59. The molecule has 1 aromatic heterocycles. The SMILES string of the molecule is COC(=O)C1CCCN(c2nnc3ccccc3n2)C1. The van der Waals surface area contributed by atoms with Crippen molar-refractivity contribution in [1.82, 2.24) is 15.2 Å². The standard InChI is InChI=1S/C14H16N4O2/c1-20-13(19)10-5-4-8-18(9-10)14-15-11-6-2-3-7-12(11)16-17-14/h2-3,6-7,10H,4-5,8-9H2,1H3. The van der Waals surface area contributed by atoms with E-state index in [1.807, 2.05) is 29.2 Å². The van der Waals surface area contributed by atoms with E-state index in [0.29, 0.717) is 12.5 Å². The predicted molar refractivity (Wildman–Crippen MR) is 74.3 cm³/mol. The molecule has 0 spiro atoms. The minimum absolute atomic E-state index is 0.108. The zero-order valence-corrected chi connectivity index (χ0v) is 11.3. The molecule has 0 amide bonds. The third-order valence-electron chi connectivity index (χ3n) is 3.59. The average molecular weight is 272 g/mol. The Morgan fingerprint density at radius 2 is 2.10 bits per heavy atom. The lowest BCUT2D eigenvalue weighted by molar-refractivity contribution is -0.145. The van der Waals surface area contributed by atoms with Crippen LogP contribution < -0.4 is 4.90 Å². The summed E-state index contributed by atoms with van der Waals surface area (Å²) >= 11 is 0. The molecular formula is C14H16N4O2. The van der Waals surface area contributed by atoms with Gasteiger partial charge in [0.05, 0.1) is 18.5 Å². The number of methoxy groups -OCH3 is 1. The van der Waals surface area contributed by atoms with Crippen LogP contribution in [0.2, 0.25) is 0 Å². The lowest BCUT2D eigenvalue weighted by Crippen LogP contribution is -2.40. The molecule has 1 saturated heterocycles. The number of fused-ring (bicyclic) bond motifs is 1. The Bertz CT molecular complexity index is 631. The van der Waals surface area contributed by atoms with Crippen LogP contribution in [0.25, 0.3) is 11.0 Å². The maximum Gasteiger partial charge on any atom is 0.310 e. The van der Waals surface area contributed by atoms with Crippen LogP contribution in [0.15, 0.2) is 24.3 Å². The predicted octanol–water partition coefficient (Wildman–Crippen LogP) is 1.41. The van der Waals surface area contributed by atoms with Gasteiger partial charge in [0, 0.05) is 13.1 Å². The lowest BCUT2D eigenvalue weighted by atomic mass is 9.98. The van der Waals surface area contributed by atoms with Gasteiger partial charge in [0.1, 0.15) is 5.52 Å². The summed E-state index contributed by atoms with van der Waals surface area (Å²) in [7, 11) is 1.43. The van der Waals surface area contributed by atoms with Crippen molar-refractivity contribution in [2.45, 2.75) is 12.8 Å². The fourth-order valence-electron chi connectivity index (χ4n) is 2.52. The first-order valence-corrected chi connectivity index (χ1v) is 6.70. The van der Waals surface area contributed by atoms with E-state index in [2.05, 4.69) is 15.2 Å². The number of carbonyl (C=O) groups excluding carboxylic acids is 1. The van der Waals surface area contributed by atoms with Crippen molar-refractivity contribution in [3.8, 4) is 0 Å². The lowest BCUT2D eigenvalue weighted by Gasteiger charge is -2.30. The molecule has 1 aliphatic rings. The maximum atomic E-state index is 11.7. The summed E-state index contributed by atoms with van der Waals surface area (Å²) in [5.74, 6) is 0.310. The monoisotopic (exact) mass is 272 g/mol. The largest absolute Gasteiger partial charge is 0.469 e. The molecule has 6 heteroatoms. The van der Waals surface area contributed by atoms with Crippen molar-refractivity contribution in [3.05, 3.63) is 24.3 Å². The van der Waals surface area contributed by atoms with E-state index in [-0.39, 0.29) is 11.9 Å². The Morgan fingerprint density at radius 1 is 1.30 bits per heavy atom. The molecule has 3 rings (SSSR count). The van der Waals surface area contributed by atoms with Crippen LogP contribution >= 0.6 is 0 Å². The van der Waals surface area contributed by atoms with E-state index in [1.54, 1.807) is 0 Å². The second kappa shape index (κ2) is 5.40. The molecule has 0 aliphatic carbocycles. The van der Waals surface area contributed by atoms with Crippen LogP contribution in [0.5, 0.6) is 0 Å². The highest BCUT2D eigenvalue weighted by Gasteiger charge is 2.27. The Balaban J connectivity index is 1.84. The first-order chi connectivity index (χ1) is 9.78. The molecule has 1 fully saturated rings. The van der Waals surface area contributed by atoms with Crippen molar-refractivity contribution in [3.63, 3.8) is 0 Å². The molecule has 1 unspecified atom stereocenters. The van der Waals surface area contributed by atoms with Gasteiger partial charge in [0.15, 0.2) is 0 Å². The molecule has 1 aromatic carbocycles. The number of ether oxygens (including phenoxy) is 1. The van der Waals surface area contributed by atoms with Gasteiger partial charge in [-0.15, -0.1) is 10.2 Å². The van der Waals surface area contributed by atoms with Crippen molar-refractivity contribution < 1.29 is 9.53 Å². The molecule has 0 bridgehead atoms. The van der Waals surface area contributed by atoms with Gasteiger partial charge in [0.25, 0.3) is 0 Å². The Hall–Kier alpha value is -2.24. The second-order valence-electron chi connectivity index (χ2n) is 4.91. The van der Waals surface area contributed by atoms with Gasteiger partial charge in [-0.1, -0.05) is 12.1 Å². The number of benzene rings is 1. The summed E-state index contributed by atoms with van der Waals surface area (Å²) in [6.45, 7) is 1.43. The number of hydrogen-bond acceptors (Lipinski definition) is 6. The van der Waals surface area contributed by atoms with E-state index < -0.39 is 0 Å².